The Balaban J connectivity index is 1.62. The highest BCUT2D eigenvalue weighted by Gasteiger charge is 2.23. The number of pyridine rings is 1. The Kier molecular flexibility index (Phi) is 4.52. The van der Waals surface area contributed by atoms with Crippen molar-refractivity contribution in [3.8, 4) is 5.75 Å². The van der Waals surface area contributed by atoms with E-state index in [9.17, 15) is 9.90 Å². The number of carbonyl (C=O) groups is 1. The number of amides is 1. The van der Waals surface area contributed by atoms with Gasteiger partial charge in [-0.3, -0.25) is 9.78 Å². The average molecular weight is 250 g/mol. The van der Waals surface area contributed by atoms with Crippen LogP contribution in [-0.2, 0) is 4.79 Å². The SMILES string of the molecule is O=C(CCCOc1cccnc1)N1CC[C@@H](O)C1. The molecule has 2 rings (SSSR count). The number of hydrogen-bond acceptors (Lipinski definition) is 4. The maximum Gasteiger partial charge on any atom is 0.222 e. The van der Waals surface area contributed by atoms with Gasteiger partial charge in [0, 0.05) is 25.7 Å². The molecule has 1 aromatic heterocycles. The fraction of sp³-hybridized carbons (Fsp3) is 0.538. The van der Waals surface area contributed by atoms with Gasteiger partial charge in [0.25, 0.3) is 0 Å². The van der Waals surface area contributed by atoms with Crippen molar-refractivity contribution in [2.24, 2.45) is 0 Å². The molecule has 0 aromatic carbocycles. The molecular weight excluding hydrogens is 232 g/mol. The van der Waals surface area contributed by atoms with Crippen molar-refractivity contribution in [3.05, 3.63) is 24.5 Å². The summed E-state index contributed by atoms with van der Waals surface area (Å²) in [6, 6.07) is 3.65. The molecule has 1 amide bonds. The van der Waals surface area contributed by atoms with Crippen LogP contribution in [0.2, 0.25) is 0 Å². The van der Waals surface area contributed by atoms with Gasteiger partial charge in [0.05, 0.1) is 18.9 Å². The lowest BCUT2D eigenvalue weighted by Gasteiger charge is -2.15. The summed E-state index contributed by atoms with van der Waals surface area (Å²) in [5.41, 5.74) is 0. The zero-order valence-electron chi connectivity index (χ0n) is 10.3. The van der Waals surface area contributed by atoms with E-state index in [1.807, 2.05) is 12.1 Å². The van der Waals surface area contributed by atoms with Gasteiger partial charge in [-0.25, -0.2) is 0 Å². The summed E-state index contributed by atoms with van der Waals surface area (Å²) in [5.74, 6) is 0.822. The molecule has 1 fully saturated rings. The molecule has 5 nitrogen and oxygen atoms in total. The zero-order chi connectivity index (χ0) is 12.8. The Morgan fingerprint density at radius 2 is 2.50 bits per heavy atom. The Morgan fingerprint density at radius 1 is 1.61 bits per heavy atom. The normalized spacial score (nSPS) is 18.9. The highest BCUT2D eigenvalue weighted by Crippen LogP contribution is 2.11. The first-order valence-electron chi connectivity index (χ1n) is 6.24. The molecule has 98 valence electrons. The Hall–Kier alpha value is -1.62. The van der Waals surface area contributed by atoms with E-state index in [2.05, 4.69) is 4.98 Å². The third kappa shape index (κ3) is 3.70. The fourth-order valence-corrected chi connectivity index (χ4v) is 1.97. The van der Waals surface area contributed by atoms with E-state index in [-0.39, 0.29) is 12.0 Å². The molecule has 0 unspecified atom stereocenters. The molecule has 1 aliphatic rings. The van der Waals surface area contributed by atoms with E-state index in [1.54, 1.807) is 17.3 Å². The number of rotatable bonds is 5. The number of aliphatic hydroxyl groups excluding tert-OH is 1. The third-order valence-electron chi connectivity index (χ3n) is 2.95. The molecule has 0 radical (unpaired) electrons. The van der Waals surface area contributed by atoms with E-state index in [0.717, 1.165) is 5.75 Å². The topological polar surface area (TPSA) is 62.7 Å². The summed E-state index contributed by atoms with van der Waals surface area (Å²) in [6.45, 7) is 1.65. The smallest absolute Gasteiger partial charge is 0.222 e. The number of aliphatic hydroxyl groups is 1. The minimum atomic E-state index is -0.347. The van der Waals surface area contributed by atoms with Crippen molar-refractivity contribution in [1.82, 2.24) is 9.88 Å². The molecule has 2 heterocycles. The fourth-order valence-electron chi connectivity index (χ4n) is 1.97. The van der Waals surface area contributed by atoms with Crippen molar-refractivity contribution in [2.75, 3.05) is 19.7 Å². The number of hydrogen-bond donors (Lipinski definition) is 1. The lowest BCUT2D eigenvalue weighted by atomic mass is 10.3. The molecule has 0 spiro atoms. The Bertz CT molecular complexity index is 383. The van der Waals surface area contributed by atoms with Crippen LogP contribution >= 0.6 is 0 Å². The van der Waals surface area contributed by atoms with Gasteiger partial charge in [-0.1, -0.05) is 0 Å². The highest BCUT2D eigenvalue weighted by molar-refractivity contribution is 5.76. The van der Waals surface area contributed by atoms with Crippen molar-refractivity contribution < 1.29 is 14.6 Å². The molecule has 5 heteroatoms. The molecule has 1 saturated heterocycles. The second-order valence-electron chi connectivity index (χ2n) is 4.42. The quantitative estimate of drug-likeness (QED) is 0.786. The van der Waals surface area contributed by atoms with Gasteiger partial charge in [-0.15, -0.1) is 0 Å². The Labute approximate surface area is 106 Å². The predicted octanol–water partition coefficient (Wildman–Crippen LogP) is 0.834. The number of aromatic nitrogens is 1. The zero-order valence-corrected chi connectivity index (χ0v) is 10.3. The summed E-state index contributed by atoms with van der Waals surface area (Å²) in [6.07, 6.45) is 4.83. The number of ether oxygens (including phenoxy) is 1. The van der Waals surface area contributed by atoms with Gasteiger partial charge in [-0.2, -0.15) is 0 Å². The molecule has 0 saturated carbocycles. The lowest BCUT2D eigenvalue weighted by Crippen LogP contribution is -2.29. The van der Waals surface area contributed by atoms with Gasteiger partial charge >= 0.3 is 0 Å². The van der Waals surface area contributed by atoms with Crippen LogP contribution in [0.25, 0.3) is 0 Å². The maximum atomic E-state index is 11.7. The molecule has 0 aliphatic carbocycles. The third-order valence-corrected chi connectivity index (χ3v) is 2.95. The van der Waals surface area contributed by atoms with Gasteiger partial charge < -0.3 is 14.7 Å². The summed E-state index contributed by atoms with van der Waals surface area (Å²) < 4.78 is 5.46. The summed E-state index contributed by atoms with van der Waals surface area (Å²) in [7, 11) is 0. The van der Waals surface area contributed by atoms with Crippen LogP contribution in [0.5, 0.6) is 5.75 Å². The minimum Gasteiger partial charge on any atom is -0.492 e. The van der Waals surface area contributed by atoms with E-state index in [0.29, 0.717) is 39.0 Å². The molecular formula is C13H18N2O3. The molecule has 0 bridgehead atoms. The van der Waals surface area contributed by atoms with Crippen molar-refractivity contribution in [1.29, 1.82) is 0 Å². The second kappa shape index (κ2) is 6.35. The highest BCUT2D eigenvalue weighted by atomic mass is 16.5. The maximum absolute atomic E-state index is 11.7. The number of likely N-dealkylation sites (tertiary alicyclic amines) is 1. The van der Waals surface area contributed by atoms with Crippen LogP contribution in [0.15, 0.2) is 24.5 Å². The summed E-state index contributed by atoms with van der Waals surface area (Å²) in [4.78, 5) is 17.4. The first-order chi connectivity index (χ1) is 8.75. The average Bonchev–Trinajstić information content (AvgIpc) is 2.82. The predicted molar refractivity (Wildman–Crippen MR) is 66.2 cm³/mol. The van der Waals surface area contributed by atoms with Gasteiger partial charge in [0.1, 0.15) is 5.75 Å². The van der Waals surface area contributed by atoms with Crippen molar-refractivity contribution >= 4 is 5.91 Å². The first-order valence-corrected chi connectivity index (χ1v) is 6.24. The molecule has 18 heavy (non-hydrogen) atoms. The van der Waals surface area contributed by atoms with Crippen molar-refractivity contribution in [2.45, 2.75) is 25.4 Å². The molecule has 1 aliphatic heterocycles. The molecule has 1 atom stereocenters. The largest absolute Gasteiger partial charge is 0.492 e. The van der Waals surface area contributed by atoms with Crippen molar-refractivity contribution in [3.63, 3.8) is 0 Å². The van der Waals surface area contributed by atoms with E-state index in [4.69, 9.17) is 4.74 Å². The molecule has 1 N–H and O–H groups in total. The standard InChI is InChI=1S/C13H18N2O3/c16-11-5-7-15(10-11)13(17)4-2-8-18-12-3-1-6-14-9-12/h1,3,6,9,11,16H,2,4-5,7-8,10H2/t11-/m1/s1. The number of nitrogens with zero attached hydrogens (tertiary/aromatic N) is 2. The summed E-state index contributed by atoms with van der Waals surface area (Å²) in [5, 5.41) is 9.34. The van der Waals surface area contributed by atoms with Crippen LogP contribution in [0.1, 0.15) is 19.3 Å². The number of carbonyl (C=O) groups excluding carboxylic acids is 1. The van der Waals surface area contributed by atoms with Crippen LogP contribution in [-0.4, -0.2) is 46.7 Å². The van der Waals surface area contributed by atoms with Gasteiger partial charge in [0.15, 0.2) is 0 Å². The monoisotopic (exact) mass is 250 g/mol. The summed E-state index contributed by atoms with van der Waals surface area (Å²) >= 11 is 0. The van der Waals surface area contributed by atoms with Crippen LogP contribution in [0, 0.1) is 0 Å². The first kappa shape index (κ1) is 12.8. The second-order valence-corrected chi connectivity index (χ2v) is 4.42. The Morgan fingerprint density at radius 3 is 3.17 bits per heavy atom. The molecule has 1 aromatic rings. The van der Waals surface area contributed by atoms with E-state index in [1.165, 1.54) is 0 Å². The number of β-amino-alcohol motifs (C(OH)–C–C–N with tert-alkyl or cyclic N) is 1. The van der Waals surface area contributed by atoms with Crippen LogP contribution in [0.4, 0.5) is 0 Å². The minimum absolute atomic E-state index is 0.0985. The van der Waals surface area contributed by atoms with Crippen LogP contribution < -0.4 is 4.74 Å². The van der Waals surface area contributed by atoms with Gasteiger partial charge in [0.2, 0.25) is 5.91 Å². The van der Waals surface area contributed by atoms with E-state index >= 15 is 0 Å². The lowest BCUT2D eigenvalue weighted by molar-refractivity contribution is -0.130. The van der Waals surface area contributed by atoms with Gasteiger partial charge in [-0.05, 0) is 25.0 Å². The van der Waals surface area contributed by atoms with Crippen LogP contribution in [0.3, 0.4) is 0 Å². The van der Waals surface area contributed by atoms with E-state index < -0.39 is 0 Å².